The van der Waals surface area contributed by atoms with Crippen LogP contribution in [0.25, 0.3) is 21.8 Å². The Hall–Kier alpha value is -2.72. The zero-order chi connectivity index (χ0) is 20.3. The third-order valence-corrected chi connectivity index (χ3v) is 5.88. The molecule has 0 amide bonds. The van der Waals surface area contributed by atoms with E-state index < -0.39 is 0 Å². The number of nitrogens with zero attached hydrogens (tertiary/aromatic N) is 1. The first-order valence-electron chi connectivity index (χ1n) is 9.71. The highest BCUT2D eigenvalue weighted by atomic mass is 35.5. The number of fused-ring (bicyclic) bond motifs is 5. The Morgan fingerprint density at radius 3 is 2.76 bits per heavy atom. The van der Waals surface area contributed by atoms with E-state index in [0.717, 1.165) is 50.7 Å². The van der Waals surface area contributed by atoms with Crippen LogP contribution in [0.4, 0.5) is 4.39 Å². The molecule has 146 valence electrons. The van der Waals surface area contributed by atoms with Crippen molar-refractivity contribution in [2.24, 2.45) is 5.41 Å². The van der Waals surface area contributed by atoms with Gasteiger partial charge in [0.2, 0.25) is 0 Å². The van der Waals surface area contributed by atoms with Crippen molar-refractivity contribution < 1.29 is 9.18 Å². The van der Waals surface area contributed by atoms with E-state index in [0.29, 0.717) is 17.9 Å². The first-order chi connectivity index (χ1) is 13.8. The van der Waals surface area contributed by atoms with Gasteiger partial charge in [0.25, 0.3) is 0 Å². The molecule has 0 fully saturated rings. The van der Waals surface area contributed by atoms with Gasteiger partial charge in [-0.25, -0.2) is 4.39 Å². The lowest BCUT2D eigenvalue weighted by Crippen LogP contribution is -2.28. The van der Waals surface area contributed by atoms with Crippen molar-refractivity contribution in [3.8, 4) is 0 Å². The number of hydrogen-bond acceptors (Lipinski definition) is 2. The predicted molar refractivity (Wildman–Crippen MR) is 114 cm³/mol. The largest absolute Gasteiger partial charge is 0.353 e. The number of halogens is 2. The Balaban J connectivity index is 1.80. The summed E-state index contributed by atoms with van der Waals surface area (Å²) in [6.45, 7) is 4.20. The Morgan fingerprint density at radius 1 is 1.17 bits per heavy atom. The SMILES string of the molecule is CC1(C)CC(=O)c2c(nc(Cc3cc(F)cc(Cl)c3)c3[nH]c4ccccc4c23)C1. The fourth-order valence-corrected chi connectivity index (χ4v) is 4.78. The summed E-state index contributed by atoms with van der Waals surface area (Å²) in [4.78, 5) is 21.5. The molecule has 1 aliphatic carbocycles. The predicted octanol–water partition coefficient (Wildman–Crippen LogP) is 6.25. The molecule has 0 saturated heterocycles. The number of hydrogen-bond donors (Lipinski definition) is 1. The highest BCUT2D eigenvalue weighted by Crippen LogP contribution is 2.40. The van der Waals surface area contributed by atoms with Crippen LogP contribution in [-0.4, -0.2) is 15.8 Å². The molecule has 2 aromatic carbocycles. The van der Waals surface area contributed by atoms with Gasteiger partial charge < -0.3 is 4.98 Å². The number of rotatable bonds is 2. The number of ketones is 1. The molecule has 1 N–H and O–H groups in total. The molecule has 5 heteroatoms. The van der Waals surface area contributed by atoms with Gasteiger partial charge in [0.15, 0.2) is 5.78 Å². The van der Waals surface area contributed by atoms with Gasteiger partial charge in [0.05, 0.1) is 16.9 Å². The van der Waals surface area contributed by atoms with Crippen molar-refractivity contribution in [2.45, 2.75) is 33.1 Å². The number of H-pyrrole nitrogens is 1. The maximum atomic E-state index is 13.9. The minimum atomic E-state index is -0.366. The maximum Gasteiger partial charge on any atom is 0.165 e. The van der Waals surface area contributed by atoms with Crippen molar-refractivity contribution in [2.75, 3.05) is 0 Å². The standard InChI is InChI=1S/C24H20ClFN2O/c1-24(2)11-19-22(20(29)12-24)21-16-5-3-4-6-17(16)28-23(21)18(27-19)9-13-7-14(25)10-15(26)8-13/h3-8,10,28H,9,11-12H2,1-2H3. The van der Waals surface area contributed by atoms with Crippen molar-refractivity contribution in [1.82, 2.24) is 9.97 Å². The average molecular weight is 407 g/mol. The molecule has 2 heterocycles. The van der Waals surface area contributed by atoms with Crippen LogP contribution < -0.4 is 0 Å². The first-order valence-corrected chi connectivity index (χ1v) is 10.1. The Morgan fingerprint density at radius 2 is 1.97 bits per heavy atom. The number of nitrogens with one attached hydrogen (secondary N) is 1. The minimum Gasteiger partial charge on any atom is -0.353 e. The van der Waals surface area contributed by atoms with Gasteiger partial charge in [-0.1, -0.05) is 43.6 Å². The molecule has 2 aromatic heterocycles. The summed E-state index contributed by atoms with van der Waals surface area (Å²) in [7, 11) is 0. The van der Waals surface area contributed by atoms with Gasteiger partial charge in [-0.15, -0.1) is 0 Å². The lowest BCUT2D eigenvalue weighted by Gasteiger charge is -2.30. The molecule has 0 saturated carbocycles. The van der Waals surface area contributed by atoms with E-state index in [1.165, 1.54) is 12.1 Å². The summed E-state index contributed by atoms with van der Waals surface area (Å²) in [5.74, 6) is -0.228. The topological polar surface area (TPSA) is 45.8 Å². The summed E-state index contributed by atoms with van der Waals surface area (Å²) in [5.41, 5.74) is 4.81. The third-order valence-electron chi connectivity index (χ3n) is 5.66. The lowest BCUT2D eigenvalue weighted by molar-refractivity contribution is 0.0912. The van der Waals surface area contributed by atoms with Crippen molar-refractivity contribution in [1.29, 1.82) is 0 Å². The fourth-order valence-electron chi connectivity index (χ4n) is 4.54. The molecular formula is C24H20ClFN2O. The van der Waals surface area contributed by atoms with Gasteiger partial charge in [0.1, 0.15) is 5.82 Å². The smallest absolute Gasteiger partial charge is 0.165 e. The molecule has 3 nitrogen and oxygen atoms in total. The molecular weight excluding hydrogens is 387 g/mol. The number of benzene rings is 2. The van der Waals surface area contributed by atoms with Crippen LogP contribution >= 0.6 is 11.6 Å². The molecule has 0 spiro atoms. The summed E-state index contributed by atoms with van der Waals surface area (Å²) in [6.07, 6.45) is 1.68. The summed E-state index contributed by atoms with van der Waals surface area (Å²) < 4.78 is 13.9. The van der Waals surface area contributed by atoms with Gasteiger partial charge in [0, 0.05) is 39.7 Å². The van der Waals surface area contributed by atoms with E-state index in [1.54, 1.807) is 6.07 Å². The Kier molecular flexibility index (Phi) is 4.04. The number of carbonyl (C=O) groups excluding carboxylic acids is 1. The minimum absolute atomic E-state index is 0.129. The van der Waals surface area contributed by atoms with Crippen molar-refractivity contribution in [3.05, 3.63) is 75.8 Å². The molecule has 0 bridgehead atoms. The van der Waals surface area contributed by atoms with Crippen LogP contribution in [0.2, 0.25) is 5.02 Å². The normalized spacial score (nSPS) is 15.8. The molecule has 0 radical (unpaired) electrons. The zero-order valence-electron chi connectivity index (χ0n) is 16.3. The summed E-state index contributed by atoms with van der Waals surface area (Å²) >= 11 is 6.06. The van der Waals surface area contributed by atoms with Crippen LogP contribution in [0.3, 0.4) is 0 Å². The summed E-state index contributed by atoms with van der Waals surface area (Å²) in [5, 5.41) is 2.32. The van der Waals surface area contributed by atoms with Crippen LogP contribution in [0.5, 0.6) is 0 Å². The second kappa shape index (κ2) is 6.39. The molecule has 0 atom stereocenters. The quantitative estimate of drug-likeness (QED) is 0.427. The number of aromatic nitrogens is 2. The Labute approximate surface area is 172 Å². The van der Waals surface area contributed by atoms with E-state index in [9.17, 15) is 9.18 Å². The highest BCUT2D eigenvalue weighted by molar-refractivity contribution is 6.30. The zero-order valence-corrected chi connectivity index (χ0v) is 17.0. The second-order valence-corrected chi connectivity index (χ2v) is 9.13. The van der Waals surface area contributed by atoms with Crippen molar-refractivity contribution >= 4 is 39.2 Å². The van der Waals surface area contributed by atoms with Gasteiger partial charge in [-0.05, 0) is 41.7 Å². The number of Topliss-reactive ketones (excluding diaryl/α,β-unsaturated/α-hetero) is 1. The van der Waals surface area contributed by atoms with Gasteiger partial charge in [-0.3, -0.25) is 9.78 Å². The number of pyridine rings is 1. The Bertz CT molecular complexity index is 1290. The van der Waals surface area contributed by atoms with Crippen LogP contribution in [0.15, 0.2) is 42.5 Å². The molecule has 4 aromatic rings. The van der Waals surface area contributed by atoms with Crippen LogP contribution in [0.1, 0.15) is 47.6 Å². The average Bonchev–Trinajstić information content (AvgIpc) is 2.99. The number of para-hydroxylation sites is 1. The van der Waals surface area contributed by atoms with E-state index in [2.05, 4.69) is 18.8 Å². The lowest BCUT2D eigenvalue weighted by atomic mass is 9.74. The maximum absolute atomic E-state index is 13.9. The second-order valence-electron chi connectivity index (χ2n) is 8.70. The molecule has 0 unspecified atom stereocenters. The van der Waals surface area contributed by atoms with E-state index in [1.807, 2.05) is 24.3 Å². The summed E-state index contributed by atoms with van der Waals surface area (Å²) in [6, 6.07) is 12.5. The highest BCUT2D eigenvalue weighted by Gasteiger charge is 2.34. The molecule has 0 aliphatic heterocycles. The molecule has 1 aliphatic rings. The van der Waals surface area contributed by atoms with Crippen LogP contribution in [0, 0.1) is 11.2 Å². The van der Waals surface area contributed by atoms with E-state index in [4.69, 9.17) is 16.6 Å². The van der Waals surface area contributed by atoms with Gasteiger partial charge >= 0.3 is 0 Å². The van der Waals surface area contributed by atoms with Crippen LogP contribution in [-0.2, 0) is 12.8 Å². The molecule has 5 rings (SSSR count). The van der Waals surface area contributed by atoms with Gasteiger partial charge in [-0.2, -0.15) is 0 Å². The van der Waals surface area contributed by atoms with E-state index in [-0.39, 0.29) is 17.0 Å². The first kappa shape index (κ1) is 18.3. The molecule has 29 heavy (non-hydrogen) atoms. The number of carbonyl (C=O) groups is 1. The third kappa shape index (κ3) is 3.12. The fraction of sp³-hybridized carbons (Fsp3) is 0.250. The number of aromatic amines is 1. The monoisotopic (exact) mass is 406 g/mol. The van der Waals surface area contributed by atoms with E-state index >= 15 is 0 Å². The van der Waals surface area contributed by atoms with Crippen molar-refractivity contribution in [3.63, 3.8) is 0 Å².